The van der Waals surface area contributed by atoms with Gasteiger partial charge in [0, 0.05) is 13.0 Å². The van der Waals surface area contributed by atoms with Crippen LogP contribution >= 0.6 is 0 Å². The predicted molar refractivity (Wildman–Crippen MR) is 216 cm³/mol. The lowest BCUT2D eigenvalue weighted by atomic mass is 9.90. The van der Waals surface area contributed by atoms with Crippen molar-refractivity contribution in [2.45, 2.75) is 153 Å². The molecule has 0 aromatic carbocycles. The fourth-order valence-corrected chi connectivity index (χ4v) is 4.67. The molecule has 1 rings (SSSR count). The molecule has 0 spiro atoms. The number of amides is 1. The maximum Gasteiger partial charge on any atom is 0.505 e. The lowest BCUT2D eigenvalue weighted by molar-refractivity contribution is -0.341. The molecule has 0 aliphatic carbocycles. The van der Waals surface area contributed by atoms with E-state index in [9.17, 15) is 24.0 Å². The summed E-state index contributed by atoms with van der Waals surface area (Å²) in [6.07, 6.45) is -5.46. The maximum absolute atomic E-state index is 13.6. The fraction of sp³-hybridized carbons (Fsp3) is 0.881. The first-order chi connectivity index (χ1) is 27.7. The summed E-state index contributed by atoms with van der Waals surface area (Å²) < 4.78 is 62.1. The zero-order valence-electron chi connectivity index (χ0n) is 38.3. The van der Waals surface area contributed by atoms with E-state index in [0.717, 1.165) is 0 Å². The highest BCUT2D eigenvalue weighted by atomic mass is 16.8. The number of carboxylic acid groups (broad SMARTS) is 1. The van der Waals surface area contributed by atoms with Crippen LogP contribution in [0.5, 0.6) is 0 Å². The van der Waals surface area contributed by atoms with Gasteiger partial charge in [0.25, 0.3) is 0 Å². The molecule has 0 aromatic rings. The molecule has 1 fully saturated rings. The highest BCUT2D eigenvalue weighted by Crippen LogP contribution is 2.33. The highest BCUT2D eigenvalue weighted by Gasteiger charge is 2.55. The van der Waals surface area contributed by atoms with E-state index in [1.807, 2.05) is 27.7 Å². The molecule has 60 heavy (non-hydrogen) atoms. The summed E-state index contributed by atoms with van der Waals surface area (Å²) in [5.74, 6) is -2.40. The van der Waals surface area contributed by atoms with Crippen molar-refractivity contribution in [3.05, 3.63) is 0 Å². The van der Waals surface area contributed by atoms with Gasteiger partial charge in [0.05, 0.1) is 68.6 Å². The molecule has 350 valence electrons. The Morgan fingerprint density at radius 1 is 0.583 bits per heavy atom. The third-order valence-corrected chi connectivity index (χ3v) is 8.91. The Kier molecular flexibility index (Phi) is 24.1. The minimum atomic E-state index is -1.51. The Bertz CT molecular complexity index is 1300. The van der Waals surface area contributed by atoms with Gasteiger partial charge in [-0.05, 0) is 87.5 Å². The molecule has 6 atom stereocenters. The molecule has 1 amide bonds. The van der Waals surface area contributed by atoms with Gasteiger partial charge in [-0.1, -0.05) is 27.2 Å². The Balaban J connectivity index is 2.96. The molecule has 18 heteroatoms. The first-order valence-corrected chi connectivity index (χ1v) is 20.7. The van der Waals surface area contributed by atoms with Gasteiger partial charge in [-0.25, -0.2) is 4.79 Å². The van der Waals surface area contributed by atoms with Crippen molar-refractivity contribution in [2.24, 2.45) is 21.7 Å². The van der Waals surface area contributed by atoms with Crippen LogP contribution in [-0.4, -0.2) is 138 Å². The Labute approximate surface area is 356 Å². The van der Waals surface area contributed by atoms with Crippen molar-refractivity contribution in [2.75, 3.05) is 66.3 Å². The molecule has 0 bridgehead atoms. The number of hydrogen-bond acceptors (Lipinski definition) is 16. The van der Waals surface area contributed by atoms with E-state index in [4.69, 9.17) is 52.5 Å². The number of carbonyl (C=O) groups excluding carboxylic acids is 4. The number of esters is 3. The molecule has 1 saturated heterocycles. The Morgan fingerprint density at radius 2 is 1.03 bits per heavy atom. The van der Waals surface area contributed by atoms with E-state index in [1.54, 1.807) is 62.3 Å². The molecule has 1 heterocycles. The zero-order chi connectivity index (χ0) is 45.7. The largest absolute Gasteiger partial charge is 0.505 e. The molecule has 2 N–H and O–H groups in total. The van der Waals surface area contributed by atoms with Crippen molar-refractivity contribution in [3.63, 3.8) is 0 Å². The fourth-order valence-electron chi connectivity index (χ4n) is 4.67. The number of nitrogens with one attached hydrogen (secondary N) is 1. The molecule has 0 saturated carbocycles. The van der Waals surface area contributed by atoms with Crippen LogP contribution in [-0.2, 0) is 71.3 Å². The second-order valence-corrected chi connectivity index (χ2v) is 18.7. The summed E-state index contributed by atoms with van der Waals surface area (Å²) in [7, 11) is 0. The Morgan fingerprint density at radius 3 is 1.50 bits per heavy atom. The number of carbonyl (C=O) groups is 5. The zero-order valence-corrected chi connectivity index (χ0v) is 38.3. The molecule has 18 nitrogen and oxygen atoms in total. The minimum absolute atomic E-state index is 0.0356. The Hall–Kier alpha value is -3.13. The van der Waals surface area contributed by atoms with Gasteiger partial charge < -0.3 is 62.5 Å². The van der Waals surface area contributed by atoms with E-state index in [2.05, 4.69) is 10.1 Å². The summed E-state index contributed by atoms with van der Waals surface area (Å²) in [4.78, 5) is 64.1. The summed E-state index contributed by atoms with van der Waals surface area (Å²) in [6.45, 7) is 25.2. The topological polar surface area (TPSA) is 219 Å². The first-order valence-electron chi connectivity index (χ1n) is 20.7. The lowest BCUT2D eigenvalue weighted by Gasteiger charge is -2.46. The van der Waals surface area contributed by atoms with Crippen LogP contribution in [0.25, 0.3) is 0 Å². The third kappa shape index (κ3) is 22.6. The SMILES string of the molecule is CC(OCO[C@@H]1OC(OC(=O)C(C)(C)C)[C@@H](NC(=O)CCCCCOCCOCCOCCOCCOC(=O)O)[C@H](OC(=O)C(C)(C)C)[C@@H]1OC(=O)C(C)(C)C)C(C)(C)C. The van der Waals surface area contributed by atoms with E-state index >= 15 is 0 Å². The monoisotopic (exact) mass is 866 g/mol. The van der Waals surface area contributed by atoms with Gasteiger partial charge in [0.15, 0.2) is 12.2 Å². The first kappa shape index (κ1) is 54.9. The van der Waals surface area contributed by atoms with Crippen LogP contribution in [0.1, 0.15) is 116 Å². The highest BCUT2D eigenvalue weighted by molar-refractivity contribution is 5.79. The maximum atomic E-state index is 13.6. The normalized spacial score (nSPS) is 20.5. The van der Waals surface area contributed by atoms with Crippen LogP contribution in [0, 0.1) is 21.7 Å². The molecular weight excluding hydrogens is 790 g/mol. The average Bonchev–Trinajstić information content (AvgIpc) is 3.11. The molecular formula is C42H75NO17. The van der Waals surface area contributed by atoms with Crippen LogP contribution in [0.3, 0.4) is 0 Å². The smallest absolute Gasteiger partial charge is 0.455 e. The number of unbranched alkanes of at least 4 members (excludes halogenated alkanes) is 2. The van der Waals surface area contributed by atoms with Crippen molar-refractivity contribution in [1.29, 1.82) is 0 Å². The van der Waals surface area contributed by atoms with Crippen LogP contribution in [0.2, 0.25) is 0 Å². The van der Waals surface area contributed by atoms with Gasteiger partial charge in [-0.15, -0.1) is 0 Å². The standard InChI is InChI=1S/C42H75NO17/c1-28(39(2,3)4)55-27-56-34-32(58-36(46)41(8,9)10)31(57-35(45)40(5,6)7)30(33(59-34)60-37(47)42(11,12)13)43-29(44)17-15-14-16-18-50-19-20-51-21-22-52-23-24-53-25-26-54-38(48)49/h28,30-34H,14-27H2,1-13H3,(H,43,44)(H,48,49)/t28?,30-,31-,32-,33?,34+/m0/s1. The van der Waals surface area contributed by atoms with Gasteiger partial charge in [0.2, 0.25) is 18.5 Å². The summed E-state index contributed by atoms with van der Waals surface area (Å²) in [6, 6.07) is -1.30. The van der Waals surface area contributed by atoms with Crippen molar-refractivity contribution in [1.82, 2.24) is 5.32 Å². The second kappa shape index (κ2) is 26.4. The summed E-state index contributed by atoms with van der Waals surface area (Å²) >= 11 is 0. The third-order valence-electron chi connectivity index (χ3n) is 8.91. The van der Waals surface area contributed by atoms with Crippen LogP contribution in [0.15, 0.2) is 0 Å². The van der Waals surface area contributed by atoms with E-state index in [1.165, 1.54) is 0 Å². The molecule has 2 unspecified atom stereocenters. The van der Waals surface area contributed by atoms with E-state index in [0.29, 0.717) is 65.5 Å². The summed E-state index contributed by atoms with van der Waals surface area (Å²) in [5.41, 5.74) is -3.20. The molecule has 1 aliphatic heterocycles. The van der Waals surface area contributed by atoms with E-state index in [-0.39, 0.29) is 37.9 Å². The molecule has 1 aliphatic rings. The van der Waals surface area contributed by atoms with Gasteiger partial charge in [0.1, 0.15) is 19.4 Å². The van der Waals surface area contributed by atoms with Crippen molar-refractivity contribution < 1.29 is 81.2 Å². The minimum Gasteiger partial charge on any atom is -0.455 e. The second-order valence-electron chi connectivity index (χ2n) is 18.7. The van der Waals surface area contributed by atoms with Crippen molar-refractivity contribution >= 4 is 30.0 Å². The van der Waals surface area contributed by atoms with Crippen LogP contribution < -0.4 is 5.32 Å². The molecule has 0 radical (unpaired) electrons. The van der Waals surface area contributed by atoms with Crippen molar-refractivity contribution in [3.8, 4) is 0 Å². The number of hydrogen-bond donors (Lipinski definition) is 2. The van der Waals surface area contributed by atoms with Gasteiger partial charge in [-0.2, -0.15) is 0 Å². The average molecular weight is 866 g/mol. The quantitative estimate of drug-likeness (QED) is 0.0481. The van der Waals surface area contributed by atoms with Gasteiger partial charge in [-0.3, -0.25) is 19.2 Å². The summed E-state index contributed by atoms with van der Waals surface area (Å²) in [5, 5.41) is 11.3. The number of rotatable bonds is 26. The predicted octanol–water partition coefficient (Wildman–Crippen LogP) is 5.41. The van der Waals surface area contributed by atoms with Gasteiger partial charge >= 0.3 is 24.1 Å². The number of ether oxygens (including phenoxy) is 11. The van der Waals surface area contributed by atoms with E-state index < -0.39 is 77.0 Å². The van der Waals surface area contributed by atoms with Crippen LogP contribution in [0.4, 0.5) is 4.79 Å². The molecule has 0 aromatic heterocycles. The lowest BCUT2D eigenvalue weighted by Crippen LogP contribution is -2.67.